The number of amidine groups is 1. The quantitative estimate of drug-likeness (QED) is 0.108. The molecule has 1 aromatic rings. The number of benzene rings is 1. The van der Waals surface area contributed by atoms with Crippen LogP contribution in [0.4, 0.5) is 0 Å². The van der Waals surface area contributed by atoms with Gasteiger partial charge in [-0.25, -0.2) is 0 Å². The molecule has 45 heavy (non-hydrogen) atoms. The smallest absolute Gasteiger partial charge is 0.306 e. The van der Waals surface area contributed by atoms with E-state index in [1.165, 1.54) is 25.7 Å². The molecule has 2 saturated heterocycles. The van der Waals surface area contributed by atoms with E-state index in [9.17, 15) is 4.79 Å². The van der Waals surface area contributed by atoms with Crippen molar-refractivity contribution in [2.45, 2.75) is 116 Å². The fraction of sp³-hybridized carbons (Fsp3) is 0.737. The molecule has 1 spiro atoms. The number of hydrogen-bond donors (Lipinski definition) is 2. The van der Waals surface area contributed by atoms with E-state index >= 15 is 0 Å². The monoisotopic (exact) mass is 618 g/mol. The van der Waals surface area contributed by atoms with Crippen LogP contribution >= 0.6 is 0 Å². The molecule has 5 fully saturated rings. The van der Waals surface area contributed by atoms with Gasteiger partial charge in [0, 0.05) is 30.7 Å². The molecule has 3 N–H and O–H groups in total. The molecule has 6 aliphatic rings. The van der Waals surface area contributed by atoms with E-state index in [2.05, 4.69) is 33.8 Å². The van der Waals surface area contributed by atoms with Crippen LogP contribution in [0.2, 0.25) is 0 Å². The second-order valence-electron chi connectivity index (χ2n) is 16.0. The van der Waals surface area contributed by atoms with Gasteiger partial charge >= 0.3 is 5.97 Å². The van der Waals surface area contributed by atoms with E-state index in [0.717, 1.165) is 44.6 Å². The van der Waals surface area contributed by atoms with Crippen molar-refractivity contribution in [2.24, 2.45) is 52.1 Å². The maximum Gasteiger partial charge on any atom is 0.306 e. The molecule has 0 radical (unpaired) electrons. The standard InChI is InChI=1S/C38H54N2O5/c1-23-13-18-38(43-22-23)24(2)34-32(45-38)21-31-29-12-9-26-20-28(14-16-36(26,3)30(29)15-17-37(31,34)4)44-33(41)6-5-19-42-27-10-7-25(8-11-27)35(39)40/h7-11,23-24,28-32,34H,5-6,12-22H2,1-4H3,(H3,39,40)/t23-,24+,28+,29-,30+,31+,32+,34+,36+,37+,38-/m1/s1. The molecular formula is C38H54N2O5. The molecule has 0 unspecified atom stereocenters. The van der Waals surface area contributed by atoms with Crippen molar-refractivity contribution in [1.29, 1.82) is 5.41 Å². The zero-order valence-corrected chi connectivity index (χ0v) is 27.8. The Kier molecular flexibility index (Phi) is 8.12. The number of ether oxygens (including phenoxy) is 4. The van der Waals surface area contributed by atoms with Crippen LogP contribution in [0.3, 0.4) is 0 Å². The minimum absolute atomic E-state index is 0.0169. The van der Waals surface area contributed by atoms with Gasteiger partial charge in [-0.2, -0.15) is 0 Å². The first-order valence-electron chi connectivity index (χ1n) is 17.8. The van der Waals surface area contributed by atoms with Crippen molar-refractivity contribution >= 4 is 11.8 Å². The lowest BCUT2D eigenvalue weighted by atomic mass is 9.47. The Hall–Kier alpha value is -2.38. The first-order valence-corrected chi connectivity index (χ1v) is 17.8. The third-order valence-corrected chi connectivity index (χ3v) is 13.6. The number of nitrogens with one attached hydrogen (secondary N) is 1. The predicted molar refractivity (Wildman–Crippen MR) is 174 cm³/mol. The SMILES string of the molecule is C[C@@H]1CC[C@@]2(OC1)O[C@H]1C[C@H]3[C@@H]4CC=C5C[C@@H](OC(=O)CCCOc6ccc(C(=N)N)cc6)CC[C@]5(C)[C@H]4CC[C@]3(C)[C@H]1[C@@H]2C. The Morgan fingerprint density at radius 2 is 1.87 bits per heavy atom. The van der Waals surface area contributed by atoms with Gasteiger partial charge in [0.2, 0.25) is 0 Å². The summed E-state index contributed by atoms with van der Waals surface area (Å²) >= 11 is 0. The maximum absolute atomic E-state index is 12.8. The summed E-state index contributed by atoms with van der Waals surface area (Å²) in [6.45, 7) is 11.2. The number of nitrogen functional groups attached to an aromatic ring is 1. The topological polar surface area (TPSA) is 104 Å². The molecule has 0 aromatic heterocycles. The number of carbonyl (C=O) groups is 1. The lowest BCUT2D eigenvalue weighted by molar-refractivity contribution is -0.272. The number of rotatable bonds is 7. The molecule has 7 rings (SSSR count). The molecular weight excluding hydrogens is 564 g/mol. The third kappa shape index (κ3) is 5.34. The van der Waals surface area contributed by atoms with E-state index in [-0.39, 0.29) is 29.1 Å². The lowest BCUT2D eigenvalue weighted by Crippen LogP contribution is -2.52. The summed E-state index contributed by atoms with van der Waals surface area (Å²) in [6, 6.07) is 7.15. The van der Waals surface area contributed by atoms with E-state index < -0.39 is 0 Å². The molecule has 3 saturated carbocycles. The zero-order chi connectivity index (χ0) is 31.6. The largest absolute Gasteiger partial charge is 0.494 e. The summed E-state index contributed by atoms with van der Waals surface area (Å²) in [4.78, 5) is 12.8. The van der Waals surface area contributed by atoms with Crippen LogP contribution in [-0.2, 0) is 19.0 Å². The van der Waals surface area contributed by atoms with Gasteiger partial charge in [0.05, 0.1) is 19.3 Å². The molecule has 4 aliphatic carbocycles. The van der Waals surface area contributed by atoms with Crippen LogP contribution < -0.4 is 10.5 Å². The van der Waals surface area contributed by atoms with E-state index in [4.69, 9.17) is 30.1 Å². The summed E-state index contributed by atoms with van der Waals surface area (Å²) in [6.07, 6.45) is 14.0. The van der Waals surface area contributed by atoms with Gasteiger partial charge in [0.15, 0.2) is 5.79 Å². The fourth-order valence-corrected chi connectivity index (χ4v) is 11.1. The van der Waals surface area contributed by atoms with Crippen LogP contribution in [0.15, 0.2) is 35.9 Å². The van der Waals surface area contributed by atoms with Gasteiger partial charge in [-0.15, -0.1) is 0 Å². The third-order valence-electron chi connectivity index (χ3n) is 13.6. The maximum atomic E-state index is 12.8. The van der Waals surface area contributed by atoms with Crippen molar-refractivity contribution in [3.05, 3.63) is 41.5 Å². The van der Waals surface area contributed by atoms with Gasteiger partial charge in [-0.05, 0) is 116 Å². The second-order valence-corrected chi connectivity index (χ2v) is 16.0. The molecule has 2 heterocycles. The van der Waals surface area contributed by atoms with Gasteiger partial charge in [-0.1, -0.05) is 39.3 Å². The van der Waals surface area contributed by atoms with Crippen LogP contribution in [0.5, 0.6) is 5.75 Å². The van der Waals surface area contributed by atoms with E-state index in [1.54, 1.807) is 29.8 Å². The van der Waals surface area contributed by atoms with E-state index in [1.807, 2.05) is 0 Å². The first kappa shape index (κ1) is 31.2. The van der Waals surface area contributed by atoms with Crippen molar-refractivity contribution < 1.29 is 23.7 Å². The minimum Gasteiger partial charge on any atom is -0.494 e. The Labute approximate surface area is 269 Å². The highest BCUT2D eigenvalue weighted by Crippen LogP contribution is 2.70. The van der Waals surface area contributed by atoms with Crippen molar-refractivity contribution in [2.75, 3.05) is 13.2 Å². The average Bonchev–Trinajstić information content (AvgIpc) is 3.46. The van der Waals surface area contributed by atoms with Gasteiger partial charge < -0.3 is 24.7 Å². The number of fused-ring (bicyclic) bond motifs is 7. The molecule has 7 nitrogen and oxygen atoms in total. The highest BCUT2D eigenvalue weighted by atomic mass is 16.7. The van der Waals surface area contributed by atoms with Crippen molar-refractivity contribution in [1.82, 2.24) is 0 Å². The summed E-state index contributed by atoms with van der Waals surface area (Å²) in [7, 11) is 0. The Morgan fingerprint density at radius 3 is 2.60 bits per heavy atom. The highest BCUT2D eigenvalue weighted by molar-refractivity contribution is 5.94. The Morgan fingerprint density at radius 1 is 1.07 bits per heavy atom. The number of hydrogen-bond acceptors (Lipinski definition) is 6. The van der Waals surface area contributed by atoms with Crippen LogP contribution in [0.25, 0.3) is 0 Å². The van der Waals surface area contributed by atoms with Crippen molar-refractivity contribution in [3.8, 4) is 5.75 Å². The molecule has 7 heteroatoms. The summed E-state index contributed by atoms with van der Waals surface area (Å²) < 4.78 is 25.3. The minimum atomic E-state index is -0.343. The Bertz CT molecular complexity index is 1320. The van der Waals surface area contributed by atoms with Crippen molar-refractivity contribution in [3.63, 3.8) is 0 Å². The van der Waals surface area contributed by atoms with Gasteiger partial charge in [0.1, 0.15) is 17.7 Å². The lowest BCUT2D eigenvalue weighted by Gasteiger charge is -2.58. The van der Waals surface area contributed by atoms with E-state index in [0.29, 0.717) is 71.9 Å². The molecule has 11 atom stereocenters. The van der Waals surface area contributed by atoms with Gasteiger partial charge in [0.25, 0.3) is 0 Å². The van der Waals surface area contributed by atoms with Gasteiger partial charge in [-0.3, -0.25) is 10.2 Å². The number of esters is 1. The van der Waals surface area contributed by atoms with Crippen LogP contribution in [-0.4, -0.2) is 43.0 Å². The number of nitrogens with two attached hydrogens (primary N) is 1. The summed E-state index contributed by atoms with van der Waals surface area (Å²) in [5.41, 5.74) is 8.27. The molecule has 2 aliphatic heterocycles. The average molecular weight is 619 g/mol. The number of carbonyl (C=O) groups excluding carboxylic acids is 1. The first-order chi connectivity index (χ1) is 21.5. The Balaban J connectivity index is 0.932. The predicted octanol–water partition coefficient (Wildman–Crippen LogP) is 7.41. The summed E-state index contributed by atoms with van der Waals surface area (Å²) in [5, 5.41) is 7.50. The molecule has 246 valence electrons. The van der Waals surface area contributed by atoms with Crippen LogP contribution in [0.1, 0.15) is 104 Å². The molecule has 0 bridgehead atoms. The molecule has 0 amide bonds. The summed E-state index contributed by atoms with van der Waals surface area (Å²) in [5.74, 6) is 4.13. The van der Waals surface area contributed by atoms with Crippen LogP contribution in [0, 0.1) is 51.7 Å². The highest BCUT2D eigenvalue weighted by Gasteiger charge is 2.68. The second kappa shape index (κ2) is 11.7. The normalized spacial score (nSPS) is 43.4. The molecule has 1 aromatic carbocycles. The fourth-order valence-electron chi connectivity index (χ4n) is 11.1. The number of allylic oxidation sites excluding steroid dienone is 1. The zero-order valence-electron chi connectivity index (χ0n) is 27.8.